The maximum absolute atomic E-state index is 11.8. The molecule has 2 aromatic carbocycles. The first-order valence-electron chi connectivity index (χ1n) is 6.14. The highest BCUT2D eigenvalue weighted by Gasteiger charge is 2.04. The molecule has 2 aromatic rings. The van der Waals surface area contributed by atoms with E-state index in [9.17, 15) is 4.79 Å². The SMILES string of the molecule is O=C(CNCc1ccccc1)Nc1cc(Cl)cc(Cl)c1. The quantitative estimate of drug-likeness (QED) is 0.884. The van der Waals surface area contributed by atoms with Crippen LogP contribution < -0.4 is 10.6 Å². The maximum atomic E-state index is 11.8. The highest BCUT2D eigenvalue weighted by Crippen LogP contribution is 2.22. The number of hydrogen-bond donors (Lipinski definition) is 2. The van der Waals surface area contributed by atoms with E-state index < -0.39 is 0 Å². The molecule has 0 heterocycles. The molecule has 0 atom stereocenters. The molecular formula is C15H14Cl2N2O. The Morgan fingerprint density at radius 2 is 1.65 bits per heavy atom. The molecule has 20 heavy (non-hydrogen) atoms. The maximum Gasteiger partial charge on any atom is 0.238 e. The van der Waals surface area contributed by atoms with Gasteiger partial charge in [-0.2, -0.15) is 0 Å². The van der Waals surface area contributed by atoms with Crippen LogP contribution in [-0.4, -0.2) is 12.5 Å². The zero-order valence-corrected chi connectivity index (χ0v) is 12.2. The number of anilines is 1. The van der Waals surface area contributed by atoms with Gasteiger partial charge in [-0.3, -0.25) is 4.79 Å². The lowest BCUT2D eigenvalue weighted by atomic mass is 10.2. The number of carbonyl (C=O) groups is 1. The molecule has 3 nitrogen and oxygen atoms in total. The molecule has 0 aromatic heterocycles. The zero-order valence-electron chi connectivity index (χ0n) is 10.7. The van der Waals surface area contributed by atoms with Crippen LogP contribution in [0.15, 0.2) is 48.5 Å². The monoisotopic (exact) mass is 308 g/mol. The minimum Gasteiger partial charge on any atom is -0.325 e. The van der Waals surface area contributed by atoms with Crippen molar-refractivity contribution >= 4 is 34.8 Å². The van der Waals surface area contributed by atoms with Gasteiger partial charge in [0, 0.05) is 22.3 Å². The summed E-state index contributed by atoms with van der Waals surface area (Å²) in [7, 11) is 0. The van der Waals surface area contributed by atoms with Gasteiger partial charge in [0.15, 0.2) is 0 Å². The first kappa shape index (κ1) is 14.9. The minimum absolute atomic E-state index is 0.140. The van der Waals surface area contributed by atoms with E-state index in [0.717, 1.165) is 5.56 Å². The number of carbonyl (C=O) groups excluding carboxylic acids is 1. The molecule has 0 spiro atoms. The number of rotatable bonds is 5. The summed E-state index contributed by atoms with van der Waals surface area (Å²) in [4.78, 5) is 11.8. The van der Waals surface area contributed by atoms with E-state index in [0.29, 0.717) is 22.3 Å². The second kappa shape index (κ2) is 7.29. The molecule has 0 saturated heterocycles. The third-order valence-corrected chi connectivity index (χ3v) is 3.04. The molecule has 0 bridgehead atoms. The molecule has 0 saturated carbocycles. The minimum atomic E-state index is -0.140. The van der Waals surface area contributed by atoms with Crippen molar-refractivity contribution in [3.05, 3.63) is 64.1 Å². The van der Waals surface area contributed by atoms with E-state index in [1.807, 2.05) is 30.3 Å². The Bertz CT molecular complexity index is 567. The molecule has 0 aliphatic rings. The Balaban J connectivity index is 1.81. The number of halogens is 2. The summed E-state index contributed by atoms with van der Waals surface area (Å²) in [6, 6.07) is 14.8. The van der Waals surface area contributed by atoms with Gasteiger partial charge in [0.05, 0.1) is 6.54 Å². The van der Waals surface area contributed by atoms with Crippen molar-refractivity contribution in [3.8, 4) is 0 Å². The summed E-state index contributed by atoms with van der Waals surface area (Å²) >= 11 is 11.7. The topological polar surface area (TPSA) is 41.1 Å². The van der Waals surface area contributed by atoms with Gasteiger partial charge in [0.2, 0.25) is 5.91 Å². The Hall–Kier alpha value is -1.55. The van der Waals surface area contributed by atoms with Crippen molar-refractivity contribution < 1.29 is 4.79 Å². The fraction of sp³-hybridized carbons (Fsp3) is 0.133. The van der Waals surface area contributed by atoms with Gasteiger partial charge in [0.25, 0.3) is 0 Å². The van der Waals surface area contributed by atoms with Gasteiger partial charge in [-0.25, -0.2) is 0 Å². The Morgan fingerprint density at radius 3 is 2.30 bits per heavy atom. The van der Waals surface area contributed by atoms with Crippen molar-refractivity contribution in [2.45, 2.75) is 6.54 Å². The molecule has 0 fully saturated rings. The molecule has 104 valence electrons. The lowest BCUT2D eigenvalue weighted by molar-refractivity contribution is -0.115. The molecule has 0 aliphatic carbocycles. The summed E-state index contributed by atoms with van der Waals surface area (Å²) in [5.41, 5.74) is 1.72. The Kier molecular flexibility index (Phi) is 5.41. The van der Waals surface area contributed by atoms with Gasteiger partial charge in [-0.05, 0) is 23.8 Å². The molecule has 2 N–H and O–H groups in total. The summed E-state index contributed by atoms with van der Waals surface area (Å²) < 4.78 is 0. The van der Waals surface area contributed by atoms with E-state index in [1.54, 1.807) is 18.2 Å². The normalized spacial score (nSPS) is 10.3. The van der Waals surface area contributed by atoms with Crippen molar-refractivity contribution in [2.75, 3.05) is 11.9 Å². The Labute approximate surface area is 127 Å². The average molecular weight is 309 g/mol. The summed E-state index contributed by atoms with van der Waals surface area (Å²) in [6.07, 6.45) is 0. The smallest absolute Gasteiger partial charge is 0.238 e. The van der Waals surface area contributed by atoms with Crippen molar-refractivity contribution in [2.24, 2.45) is 0 Å². The molecule has 2 rings (SSSR count). The lowest BCUT2D eigenvalue weighted by Crippen LogP contribution is -2.27. The van der Waals surface area contributed by atoms with Crippen LogP contribution in [0.2, 0.25) is 10.0 Å². The van der Waals surface area contributed by atoms with Gasteiger partial charge in [-0.1, -0.05) is 53.5 Å². The predicted octanol–water partition coefficient (Wildman–Crippen LogP) is 3.72. The van der Waals surface area contributed by atoms with E-state index in [1.165, 1.54) is 0 Å². The van der Waals surface area contributed by atoms with Gasteiger partial charge in [0.1, 0.15) is 0 Å². The van der Waals surface area contributed by atoms with E-state index in [2.05, 4.69) is 10.6 Å². The molecule has 5 heteroatoms. The second-order valence-electron chi connectivity index (χ2n) is 4.30. The molecular weight excluding hydrogens is 295 g/mol. The highest BCUT2D eigenvalue weighted by molar-refractivity contribution is 6.35. The molecule has 1 amide bonds. The van der Waals surface area contributed by atoms with Crippen molar-refractivity contribution in [1.29, 1.82) is 0 Å². The van der Waals surface area contributed by atoms with Crippen LogP contribution in [0.5, 0.6) is 0 Å². The first-order chi connectivity index (χ1) is 9.63. The van der Waals surface area contributed by atoms with Crippen LogP contribution >= 0.6 is 23.2 Å². The third kappa shape index (κ3) is 4.85. The molecule has 0 unspecified atom stereocenters. The van der Waals surface area contributed by atoms with Gasteiger partial charge >= 0.3 is 0 Å². The number of amides is 1. The fourth-order valence-electron chi connectivity index (χ4n) is 1.75. The zero-order chi connectivity index (χ0) is 14.4. The number of nitrogens with one attached hydrogen (secondary N) is 2. The number of hydrogen-bond acceptors (Lipinski definition) is 2. The summed E-state index contributed by atoms with van der Waals surface area (Å²) in [6.45, 7) is 0.865. The van der Waals surface area contributed by atoms with Crippen LogP contribution in [0.3, 0.4) is 0 Å². The fourth-order valence-corrected chi connectivity index (χ4v) is 2.27. The first-order valence-corrected chi connectivity index (χ1v) is 6.89. The Morgan fingerprint density at radius 1 is 1.00 bits per heavy atom. The van der Waals surface area contributed by atoms with Crippen molar-refractivity contribution in [3.63, 3.8) is 0 Å². The second-order valence-corrected chi connectivity index (χ2v) is 5.17. The molecule has 0 aliphatic heterocycles. The van der Waals surface area contributed by atoms with Crippen LogP contribution in [0.25, 0.3) is 0 Å². The van der Waals surface area contributed by atoms with E-state index >= 15 is 0 Å². The van der Waals surface area contributed by atoms with E-state index in [-0.39, 0.29) is 12.5 Å². The standard InChI is InChI=1S/C15H14Cl2N2O/c16-12-6-13(17)8-14(7-12)19-15(20)10-18-9-11-4-2-1-3-5-11/h1-8,18H,9-10H2,(H,19,20). The largest absolute Gasteiger partial charge is 0.325 e. The van der Waals surface area contributed by atoms with Crippen molar-refractivity contribution in [1.82, 2.24) is 5.32 Å². The van der Waals surface area contributed by atoms with Gasteiger partial charge < -0.3 is 10.6 Å². The third-order valence-electron chi connectivity index (χ3n) is 2.60. The summed E-state index contributed by atoms with van der Waals surface area (Å²) in [5, 5.41) is 6.79. The lowest BCUT2D eigenvalue weighted by Gasteiger charge is -2.07. The number of benzene rings is 2. The highest BCUT2D eigenvalue weighted by atomic mass is 35.5. The van der Waals surface area contributed by atoms with E-state index in [4.69, 9.17) is 23.2 Å². The summed E-state index contributed by atoms with van der Waals surface area (Å²) in [5.74, 6) is -0.140. The molecule has 0 radical (unpaired) electrons. The predicted molar refractivity (Wildman–Crippen MR) is 83.2 cm³/mol. The van der Waals surface area contributed by atoms with Crippen LogP contribution in [0.1, 0.15) is 5.56 Å². The van der Waals surface area contributed by atoms with Crippen LogP contribution in [0, 0.1) is 0 Å². The van der Waals surface area contributed by atoms with Gasteiger partial charge in [-0.15, -0.1) is 0 Å². The van der Waals surface area contributed by atoms with Crippen LogP contribution in [0.4, 0.5) is 5.69 Å². The van der Waals surface area contributed by atoms with Crippen LogP contribution in [-0.2, 0) is 11.3 Å². The average Bonchev–Trinajstić information content (AvgIpc) is 2.38.